The molecule has 0 atom stereocenters. The number of carbonyl (C=O) groups excluding carboxylic acids is 2. The first-order valence-electron chi connectivity index (χ1n) is 8.49. The molecule has 0 radical (unpaired) electrons. The second kappa shape index (κ2) is 9.47. The quantitative estimate of drug-likeness (QED) is 0.692. The van der Waals surface area contributed by atoms with Gasteiger partial charge in [0, 0.05) is 36.2 Å². The molecule has 1 N–H and O–H groups in total. The number of hydrogen-bond acceptors (Lipinski definition) is 4. The Balaban J connectivity index is 2.12. The van der Waals surface area contributed by atoms with E-state index in [4.69, 9.17) is 23.2 Å². The second-order valence-electron chi connectivity index (χ2n) is 6.53. The number of sulfonamides is 1. The van der Waals surface area contributed by atoms with Crippen molar-refractivity contribution in [2.45, 2.75) is 6.54 Å². The maximum atomic E-state index is 12.3. The Hall–Kier alpha value is -2.29. The minimum Gasteiger partial charge on any atom is -0.350 e. The third kappa shape index (κ3) is 6.35. The molecule has 0 saturated heterocycles. The van der Waals surface area contributed by atoms with Crippen LogP contribution in [-0.2, 0) is 21.4 Å². The van der Waals surface area contributed by atoms with E-state index in [2.05, 4.69) is 5.32 Å². The zero-order valence-electron chi connectivity index (χ0n) is 16.1. The highest BCUT2D eigenvalue weighted by atomic mass is 35.5. The van der Waals surface area contributed by atoms with Gasteiger partial charge in [-0.15, -0.1) is 0 Å². The van der Waals surface area contributed by atoms with Crippen LogP contribution in [0.1, 0.15) is 15.9 Å². The fraction of sp³-hybridized carbons (Fsp3) is 0.263. The molecule has 0 saturated carbocycles. The lowest BCUT2D eigenvalue weighted by atomic mass is 10.2. The fourth-order valence-electron chi connectivity index (χ4n) is 2.47. The summed E-state index contributed by atoms with van der Waals surface area (Å²) in [6, 6.07) is 10.9. The van der Waals surface area contributed by atoms with Crippen molar-refractivity contribution in [1.82, 2.24) is 10.2 Å². The Kier molecular flexibility index (Phi) is 7.51. The minimum atomic E-state index is -3.73. The van der Waals surface area contributed by atoms with Gasteiger partial charge in [-0.2, -0.15) is 0 Å². The van der Waals surface area contributed by atoms with Crippen LogP contribution in [0.25, 0.3) is 0 Å². The maximum Gasteiger partial charge on any atom is 0.253 e. The van der Waals surface area contributed by atoms with E-state index >= 15 is 0 Å². The third-order valence-electron chi connectivity index (χ3n) is 3.99. The van der Waals surface area contributed by atoms with Crippen LogP contribution in [0, 0.1) is 0 Å². The number of anilines is 1. The third-order valence-corrected chi connectivity index (χ3v) is 5.71. The van der Waals surface area contributed by atoms with Crippen LogP contribution in [0.2, 0.25) is 10.0 Å². The molecule has 2 amide bonds. The highest BCUT2D eigenvalue weighted by Crippen LogP contribution is 2.21. The van der Waals surface area contributed by atoms with Gasteiger partial charge in [0.2, 0.25) is 15.9 Å². The van der Waals surface area contributed by atoms with E-state index < -0.39 is 22.5 Å². The molecule has 0 aliphatic carbocycles. The molecule has 7 nitrogen and oxygen atoms in total. The van der Waals surface area contributed by atoms with Crippen molar-refractivity contribution in [1.29, 1.82) is 0 Å². The van der Waals surface area contributed by atoms with Crippen molar-refractivity contribution < 1.29 is 18.0 Å². The molecule has 0 spiro atoms. The molecular weight excluding hydrogens is 437 g/mol. The topological polar surface area (TPSA) is 86.8 Å². The molecule has 2 aromatic carbocycles. The van der Waals surface area contributed by atoms with Crippen LogP contribution in [0.3, 0.4) is 0 Å². The Morgan fingerprint density at radius 3 is 2.17 bits per heavy atom. The molecule has 2 rings (SSSR count). The lowest BCUT2D eigenvalue weighted by molar-refractivity contribution is -0.119. The Bertz CT molecular complexity index is 1010. The van der Waals surface area contributed by atoms with Gasteiger partial charge in [0.1, 0.15) is 6.54 Å². The van der Waals surface area contributed by atoms with Crippen molar-refractivity contribution in [3.8, 4) is 0 Å². The number of hydrogen-bond donors (Lipinski definition) is 1. The molecule has 156 valence electrons. The minimum absolute atomic E-state index is 0.128. The van der Waals surface area contributed by atoms with Gasteiger partial charge in [-0.1, -0.05) is 29.3 Å². The van der Waals surface area contributed by atoms with Gasteiger partial charge >= 0.3 is 0 Å². The summed E-state index contributed by atoms with van der Waals surface area (Å²) in [6.07, 6.45) is 1.01. The summed E-state index contributed by atoms with van der Waals surface area (Å²) in [4.78, 5) is 25.7. The van der Waals surface area contributed by atoms with Gasteiger partial charge in [0.05, 0.1) is 11.9 Å². The Labute approximate surface area is 180 Å². The summed E-state index contributed by atoms with van der Waals surface area (Å²) >= 11 is 11.9. The molecule has 10 heteroatoms. The fourth-order valence-corrected chi connectivity index (χ4v) is 3.81. The van der Waals surface area contributed by atoms with E-state index in [1.165, 1.54) is 29.2 Å². The molecule has 29 heavy (non-hydrogen) atoms. The lowest BCUT2D eigenvalue weighted by Crippen LogP contribution is -2.40. The first-order valence-corrected chi connectivity index (χ1v) is 11.1. The molecule has 0 fully saturated rings. The predicted octanol–water partition coefficient (Wildman–Crippen LogP) is 2.78. The van der Waals surface area contributed by atoms with Gasteiger partial charge in [-0.3, -0.25) is 13.9 Å². The Morgan fingerprint density at radius 2 is 1.66 bits per heavy atom. The van der Waals surface area contributed by atoms with Gasteiger partial charge in [0.15, 0.2) is 0 Å². The van der Waals surface area contributed by atoms with Gasteiger partial charge in [0.25, 0.3) is 5.91 Å². The van der Waals surface area contributed by atoms with E-state index in [-0.39, 0.29) is 18.1 Å². The van der Waals surface area contributed by atoms with E-state index in [1.807, 2.05) is 0 Å². The average molecular weight is 458 g/mol. The summed E-state index contributed by atoms with van der Waals surface area (Å²) < 4.78 is 25.4. The van der Waals surface area contributed by atoms with E-state index in [9.17, 15) is 18.0 Å². The summed E-state index contributed by atoms with van der Waals surface area (Å²) in [5, 5.41) is 3.52. The summed E-state index contributed by atoms with van der Waals surface area (Å²) in [7, 11) is -0.483. The van der Waals surface area contributed by atoms with Crippen LogP contribution < -0.4 is 9.62 Å². The predicted molar refractivity (Wildman–Crippen MR) is 115 cm³/mol. The zero-order valence-corrected chi connectivity index (χ0v) is 18.5. The average Bonchev–Trinajstić information content (AvgIpc) is 2.64. The molecule has 2 aromatic rings. The number of rotatable bonds is 7. The zero-order chi connectivity index (χ0) is 21.8. The number of benzene rings is 2. The monoisotopic (exact) mass is 457 g/mol. The van der Waals surface area contributed by atoms with E-state index in [0.717, 1.165) is 10.6 Å². The first kappa shape index (κ1) is 23.0. The molecule has 0 aliphatic heterocycles. The number of halogens is 2. The van der Waals surface area contributed by atoms with Crippen LogP contribution in [-0.4, -0.2) is 52.0 Å². The lowest BCUT2D eigenvalue weighted by Gasteiger charge is -2.22. The van der Waals surface area contributed by atoms with Crippen LogP contribution in [0.15, 0.2) is 42.5 Å². The second-order valence-corrected chi connectivity index (χ2v) is 9.28. The number of carbonyl (C=O) groups is 2. The molecule has 0 heterocycles. The highest BCUT2D eigenvalue weighted by molar-refractivity contribution is 7.92. The van der Waals surface area contributed by atoms with Gasteiger partial charge in [-0.25, -0.2) is 8.42 Å². The SMILES string of the molecule is CN(C)C(=O)c1ccc(N(CC(=O)NCc2ccc(Cl)cc2Cl)S(C)(=O)=O)cc1. The standard InChI is InChI=1S/C19H21Cl2N3O4S/c1-23(2)19(26)13-5-8-16(9-6-13)24(29(3,27)28)12-18(25)22-11-14-4-7-15(20)10-17(14)21/h4-10H,11-12H2,1-3H3,(H,22,25). The van der Waals surface area contributed by atoms with Crippen LogP contribution in [0.5, 0.6) is 0 Å². The summed E-state index contributed by atoms with van der Waals surface area (Å²) in [5.74, 6) is -0.713. The van der Waals surface area contributed by atoms with Crippen LogP contribution in [0.4, 0.5) is 5.69 Å². The first-order chi connectivity index (χ1) is 13.5. The maximum absolute atomic E-state index is 12.3. The number of nitrogens with zero attached hydrogens (tertiary/aromatic N) is 2. The molecule has 0 bridgehead atoms. The van der Waals surface area contributed by atoms with Gasteiger partial charge in [-0.05, 0) is 42.0 Å². The normalized spacial score (nSPS) is 11.1. The van der Waals surface area contributed by atoms with Crippen molar-refractivity contribution >= 4 is 50.7 Å². The smallest absolute Gasteiger partial charge is 0.253 e. The van der Waals surface area contributed by atoms with Crippen molar-refractivity contribution in [3.63, 3.8) is 0 Å². The van der Waals surface area contributed by atoms with Crippen molar-refractivity contribution in [2.75, 3.05) is 31.2 Å². The van der Waals surface area contributed by atoms with E-state index in [1.54, 1.807) is 32.3 Å². The molecule has 0 aromatic heterocycles. The molecule has 0 aliphatic rings. The summed E-state index contributed by atoms with van der Waals surface area (Å²) in [5.41, 5.74) is 1.35. The Morgan fingerprint density at radius 1 is 1.03 bits per heavy atom. The van der Waals surface area contributed by atoms with E-state index in [0.29, 0.717) is 21.2 Å². The summed E-state index contributed by atoms with van der Waals surface area (Å²) in [6.45, 7) is -0.284. The van der Waals surface area contributed by atoms with Crippen LogP contribution >= 0.6 is 23.2 Å². The highest BCUT2D eigenvalue weighted by Gasteiger charge is 2.21. The van der Waals surface area contributed by atoms with Gasteiger partial charge < -0.3 is 10.2 Å². The molecular formula is C19H21Cl2N3O4S. The van der Waals surface area contributed by atoms with Crippen molar-refractivity contribution in [2.24, 2.45) is 0 Å². The largest absolute Gasteiger partial charge is 0.350 e. The van der Waals surface area contributed by atoms with Crippen molar-refractivity contribution in [3.05, 3.63) is 63.6 Å². The number of nitrogens with one attached hydrogen (secondary N) is 1. The number of amides is 2. The molecule has 0 unspecified atom stereocenters.